The predicted octanol–water partition coefficient (Wildman–Crippen LogP) is 3.56. The summed E-state index contributed by atoms with van der Waals surface area (Å²) >= 11 is 0. The first kappa shape index (κ1) is 22.8. The van der Waals surface area contributed by atoms with Crippen molar-refractivity contribution in [3.63, 3.8) is 0 Å². The summed E-state index contributed by atoms with van der Waals surface area (Å²) in [6.45, 7) is 3.32. The number of benzene rings is 2. The number of nitro benzene ring substituents is 1. The summed E-state index contributed by atoms with van der Waals surface area (Å²) < 4.78 is 28.0. The van der Waals surface area contributed by atoms with Gasteiger partial charge in [-0.05, 0) is 43.5 Å². The fourth-order valence-electron chi connectivity index (χ4n) is 3.80. The highest BCUT2D eigenvalue weighted by atomic mass is 32.2. The van der Waals surface area contributed by atoms with Crippen LogP contribution < -0.4 is 9.62 Å². The Bertz CT molecular complexity index is 1230. The summed E-state index contributed by atoms with van der Waals surface area (Å²) in [6, 6.07) is 16.4. The zero-order valence-corrected chi connectivity index (χ0v) is 19.0. The Labute approximate surface area is 192 Å². The van der Waals surface area contributed by atoms with Crippen LogP contribution in [0.2, 0.25) is 0 Å². The molecule has 0 unspecified atom stereocenters. The fourth-order valence-corrected chi connectivity index (χ4v) is 5.13. The Hall–Kier alpha value is -3.37. The van der Waals surface area contributed by atoms with Crippen LogP contribution in [-0.4, -0.2) is 42.4 Å². The normalized spacial score (nSPS) is 14.9. The van der Waals surface area contributed by atoms with Crippen molar-refractivity contribution in [2.45, 2.75) is 37.1 Å². The molecule has 10 heteroatoms. The molecule has 1 aliphatic heterocycles. The third-order valence-corrected chi connectivity index (χ3v) is 7.19. The van der Waals surface area contributed by atoms with Crippen LogP contribution in [-0.2, 0) is 16.4 Å². The van der Waals surface area contributed by atoms with Gasteiger partial charge in [-0.3, -0.25) is 10.1 Å². The maximum Gasteiger partial charge on any atom is 0.269 e. The quantitative estimate of drug-likeness (QED) is 0.417. The lowest BCUT2D eigenvalue weighted by molar-refractivity contribution is -0.384. The Morgan fingerprint density at radius 1 is 1.06 bits per heavy atom. The smallest absolute Gasteiger partial charge is 0.269 e. The minimum Gasteiger partial charge on any atom is -0.356 e. The van der Waals surface area contributed by atoms with Crippen molar-refractivity contribution in [1.29, 1.82) is 0 Å². The molecule has 2 heterocycles. The van der Waals surface area contributed by atoms with Crippen LogP contribution >= 0.6 is 0 Å². The molecule has 0 bridgehead atoms. The van der Waals surface area contributed by atoms with E-state index in [0.29, 0.717) is 37.3 Å². The maximum atomic E-state index is 12.6. The molecule has 0 aliphatic carbocycles. The van der Waals surface area contributed by atoms with Crippen molar-refractivity contribution in [2.24, 2.45) is 0 Å². The molecule has 1 fully saturated rings. The first-order chi connectivity index (χ1) is 15.9. The molecule has 9 nitrogen and oxygen atoms in total. The van der Waals surface area contributed by atoms with Crippen LogP contribution in [0.5, 0.6) is 0 Å². The summed E-state index contributed by atoms with van der Waals surface area (Å²) in [5.41, 5.74) is 1.61. The van der Waals surface area contributed by atoms with Crippen molar-refractivity contribution >= 4 is 21.5 Å². The minimum atomic E-state index is -3.55. The molecular formula is C23H25N5O4S. The molecule has 172 valence electrons. The van der Waals surface area contributed by atoms with E-state index in [4.69, 9.17) is 4.98 Å². The summed E-state index contributed by atoms with van der Waals surface area (Å²) in [5, 5.41) is 10.9. The lowest BCUT2D eigenvalue weighted by atomic mass is 10.1. The van der Waals surface area contributed by atoms with Crippen molar-refractivity contribution < 1.29 is 13.3 Å². The van der Waals surface area contributed by atoms with Gasteiger partial charge in [-0.2, -0.15) is 0 Å². The van der Waals surface area contributed by atoms with E-state index < -0.39 is 14.9 Å². The van der Waals surface area contributed by atoms with Crippen LogP contribution in [0.15, 0.2) is 65.6 Å². The lowest BCUT2D eigenvalue weighted by Gasteiger charge is -2.33. The zero-order chi connectivity index (χ0) is 23.4. The SMILES string of the molecule is CCc1cc(N2CCC(NS(=O)(=O)c3ccccc3)CC2)nc(-c2ccc([N+](=O)[O-])cc2)n1. The molecular weight excluding hydrogens is 442 g/mol. The number of anilines is 1. The number of non-ortho nitro benzene ring substituents is 1. The van der Waals surface area contributed by atoms with Crippen LogP contribution in [0, 0.1) is 10.1 Å². The van der Waals surface area contributed by atoms with Gasteiger partial charge >= 0.3 is 0 Å². The second-order valence-corrected chi connectivity index (χ2v) is 9.61. The highest BCUT2D eigenvalue weighted by molar-refractivity contribution is 7.89. The largest absolute Gasteiger partial charge is 0.356 e. The molecule has 1 N–H and O–H groups in total. The first-order valence-corrected chi connectivity index (χ1v) is 12.3. The third kappa shape index (κ3) is 5.35. The number of nitro groups is 1. The molecule has 1 aromatic heterocycles. The third-order valence-electron chi connectivity index (χ3n) is 5.66. The number of piperidine rings is 1. The lowest BCUT2D eigenvalue weighted by Crippen LogP contribution is -2.44. The van der Waals surface area contributed by atoms with Gasteiger partial charge in [0.2, 0.25) is 10.0 Å². The Balaban J connectivity index is 1.48. The van der Waals surface area contributed by atoms with Gasteiger partial charge in [0, 0.05) is 48.6 Å². The molecule has 2 aromatic carbocycles. The van der Waals surface area contributed by atoms with Crippen LogP contribution in [0.1, 0.15) is 25.5 Å². The van der Waals surface area contributed by atoms with Gasteiger partial charge in [-0.1, -0.05) is 25.1 Å². The number of rotatable bonds is 7. The monoisotopic (exact) mass is 467 g/mol. The number of aromatic nitrogens is 2. The second-order valence-electron chi connectivity index (χ2n) is 7.89. The summed E-state index contributed by atoms with van der Waals surface area (Å²) in [6.07, 6.45) is 2.04. The molecule has 1 saturated heterocycles. The van der Waals surface area contributed by atoms with E-state index in [0.717, 1.165) is 17.9 Å². The Morgan fingerprint density at radius 3 is 2.33 bits per heavy atom. The van der Waals surface area contributed by atoms with Gasteiger partial charge < -0.3 is 4.90 Å². The zero-order valence-electron chi connectivity index (χ0n) is 18.2. The summed E-state index contributed by atoms with van der Waals surface area (Å²) in [5.74, 6) is 1.30. The highest BCUT2D eigenvalue weighted by Gasteiger charge is 2.25. The fraction of sp³-hybridized carbons (Fsp3) is 0.304. The van der Waals surface area contributed by atoms with Gasteiger partial charge in [0.15, 0.2) is 5.82 Å². The van der Waals surface area contributed by atoms with Crippen LogP contribution in [0.3, 0.4) is 0 Å². The molecule has 0 atom stereocenters. The Morgan fingerprint density at radius 2 is 1.73 bits per heavy atom. The molecule has 33 heavy (non-hydrogen) atoms. The number of sulfonamides is 1. The van der Waals surface area contributed by atoms with Gasteiger partial charge in [0.05, 0.1) is 9.82 Å². The molecule has 4 rings (SSSR count). The summed E-state index contributed by atoms with van der Waals surface area (Å²) in [4.78, 5) is 22.2. The number of nitrogens with zero attached hydrogens (tertiary/aromatic N) is 4. The van der Waals surface area contributed by atoms with E-state index in [2.05, 4.69) is 14.6 Å². The van der Waals surface area contributed by atoms with E-state index in [9.17, 15) is 18.5 Å². The molecule has 0 saturated carbocycles. The highest BCUT2D eigenvalue weighted by Crippen LogP contribution is 2.25. The number of hydrogen-bond donors (Lipinski definition) is 1. The molecule has 0 amide bonds. The van der Waals surface area contributed by atoms with Crippen molar-refractivity contribution in [3.8, 4) is 11.4 Å². The van der Waals surface area contributed by atoms with Gasteiger partial charge in [-0.25, -0.2) is 23.1 Å². The van der Waals surface area contributed by atoms with Crippen molar-refractivity contribution in [3.05, 3.63) is 76.5 Å². The number of hydrogen-bond acceptors (Lipinski definition) is 7. The van der Waals surface area contributed by atoms with Crippen LogP contribution in [0.4, 0.5) is 11.5 Å². The topological polar surface area (TPSA) is 118 Å². The standard InChI is InChI=1S/C23H25N5O4S/c1-2-18-16-22(25-23(24-18)17-8-10-20(11-9-17)28(29)30)27-14-12-19(13-15-27)26-33(31,32)21-6-4-3-5-7-21/h3-11,16,19,26H,2,12-15H2,1H3. The van der Waals surface area contributed by atoms with E-state index >= 15 is 0 Å². The summed E-state index contributed by atoms with van der Waals surface area (Å²) in [7, 11) is -3.55. The second kappa shape index (κ2) is 9.63. The van der Waals surface area contributed by atoms with Gasteiger partial charge in [0.25, 0.3) is 5.69 Å². The molecule has 0 spiro atoms. The number of nitrogens with one attached hydrogen (secondary N) is 1. The minimum absolute atomic E-state index is 0.0191. The van der Waals surface area contributed by atoms with E-state index in [1.165, 1.54) is 12.1 Å². The van der Waals surface area contributed by atoms with Gasteiger partial charge in [0.1, 0.15) is 5.82 Å². The Kier molecular flexibility index (Phi) is 6.66. The van der Waals surface area contributed by atoms with E-state index in [1.807, 2.05) is 13.0 Å². The van der Waals surface area contributed by atoms with Crippen LogP contribution in [0.25, 0.3) is 11.4 Å². The van der Waals surface area contributed by atoms with Gasteiger partial charge in [-0.15, -0.1) is 0 Å². The molecule has 1 aliphatic rings. The van der Waals surface area contributed by atoms with E-state index in [1.54, 1.807) is 42.5 Å². The van der Waals surface area contributed by atoms with Crippen molar-refractivity contribution in [2.75, 3.05) is 18.0 Å². The number of aryl methyl sites for hydroxylation is 1. The predicted molar refractivity (Wildman–Crippen MR) is 125 cm³/mol. The first-order valence-electron chi connectivity index (χ1n) is 10.8. The van der Waals surface area contributed by atoms with E-state index in [-0.39, 0.29) is 16.6 Å². The average Bonchev–Trinajstić information content (AvgIpc) is 2.84. The average molecular weight is 468 g/mol. The molecule has 0 radical (unpaired) electrons. The van der Waals surface area contributed by atoms with Crippen molar-refractivity contribution in [1.82, 2.24) is 14.7 Å². The maximum absolute atomic E-state index is 12.6. The molecule has 3 aromatic rings.